The van der Waals surface area contributed by atoms with E-state index in [0.29, 0.717) is 5.56 Å². The molecule has 0 aromatic heterocycles. The molecule has 25 heavy (non-hydrogen) atoms. The van der Waals surface area contributed by atoms with Gasteiger partial charge in [0.15, 0.2) is 0 Å². The maximum atomic E-state index is 11.4. The zero-order valence-electron chi connectivity index (χ0n) is 14.5. The molecule has 0 saturated carbocycles. The van der Waals surface area contributed by atoms with Crippen LogP contribution in [0.1, 0.15) is 27.0 Å². The van der Waals surface area contributed by atoms with Crippen LogP contribution in [0.2, 0.25) is 0 Å². The van der Waals surface area contributed by atoms with Crippen molar-refractivity contribution in [3.63, 3.8) is 0 Å². The van der Waals surface area contributed by atoms with Crippen molar-refractivity contribution in [2.24, 2.45) is 0 Å². The van der Waals surface area contributed by atoms with Crippen LogP contribution >= 0.6 is 0 Å². The Morgan fingerprint density at radius 1 is 1.00 bits per heavy atom. The van der Waals surface area contributed by atoms with E-state index >= 15 is 0 Å². The SMILES string of the molecule is COC(=O)c1ccc(/C=C/c2ccc(CN3CCOCC3)cc2)cc1. The third-order valence-corrected chi connectivity index (χ3v) is 4.29. The summed E-state index contributed by atoms with van der Waals surface area (Å²) < 4.78 is 10.1. The van der Waals surface area contributed by atoms with Crippen molar-refractivity contribution in [1.82, 2.24) is 4.90 Å². The number of benzene rings is 2. The largest absolute Gasteiger partial charge is 0.465 e. The lowest BCUT2D eigenvalue weighted by Gasteiger charge is -2.26. The van der Waals surface area contributed by atoms with Crippen LogP contribution in [0.3, 0.4) is 0 Å². The van der Waals surface area contributed by atoms with E-state index in [1.165, 1.54) is 12.7 Å². The van der Waals surface area contributed by atoms with Gasteiger partial charge >= 0.3 is 5.97 Å². The molecule has 1 saturated heterocycles. The van der Waals surface area contributed by atoms with Gasteiger partial charge in [0.05, 0.1) is 25.9 Å². The highest BCUT2D eigenvalue weighted by Crippen LogP contribution is 2.13. The minimum absolute atomic E-state index is 0.314. The highest BCUT2D eigenvalue weighted by Gasteiger charge is 2.10. The molecule has 0 spiro atoms. The first-order valence-corrected chi connectivity index (χ1v) is 8.50. The summed E-state index contributed by atoms with van der Waals surface area (Å²) in [4.78, 5) is 13.8. The Labute approximate surface area is 148 Å². The summed E-state index contributed by atoms with van der Waals surface area (Å²) in [5, 5.41) is 0. The number of carbonyl (C=O) groups is 1. The van der Waals surface area contributed by atoms with Crippen LogP contribution in [0.4, 0.5) is 0 Å². The monoisotopic (exact) mass is 337 g/mol. The number of morpholine rings is 1. The van der Waals surface area contributed by atoms with Crippen molar-refractivity contribution in [3.8, 4) is 0 Å². The lowest BCUT2D eigenvalue weighted by atomic mass is 10.1. The van der Waals surface area contributed by atoms with E-state index in [9.17, 15) is 4.79 Å². The van der Waals surface area contributed by atoms with Crippen LogP contribution in [0.15, 0.2) is 48.5 Å². The first kappa shape index (κ1) is 17.4. The number of esters is 1. The predicted octanol–water partition coefficient (Wildman–Crippen LogP) is 3.48. The summed E-state index contributed by atoms with van der Waals surface area (Å²) >= 11 is 0. The Hall–Kier alpha value is -2.43. The summed E-state index contributed by atoms with van der Waals surface area (Å²) in [6, 6.07) is 16.0. The molecule has 0 amide bonds. The quantitative estimate of drug-likeness (QED) is 0.618. The summed E-state index contributed by atoms with van der Waals surface area (Å²) in [6.45, 7) is 4.64. The fraction of sp³-hybridized carbons (Fsp3) is 0.286. The number of nitrogens with zero attached hydrogens (tertiary/aromatic N) is 1. The van der Waals surface area contributed by atoms with Gasteiger partial charge in [-0.3, -0.25) is 4.90 Å². The van der Waals surface area contributed by atoms with E-state index in [0.717, 1.165) is 44.0 Å². The third kappa shape index (κ3) is 5.02. The second kappa shape index (κ2) is 8.60. The Morgan fingerprint density at radius 3 is 2.12 bits per heavy atom. The minimum atomic E-state index is -0.314. The van der Waals surface area contributed by atoms with Crippen LogP contribution in [0.5, 0.6) is 0 Å². The molecule has 1 aliphatic rings. The van der Waals surface area contributed by atoms with E-state index in [1.54, 1.807) is 12.1 Å². The standard InChI is InChI=1S/C21H23NO3/c1-24-21(23)20-10-8-18(9-11-20)3-2-17-4-6-19(7-5-17)16-22-12-14-25-15-13-22/h2-11H,12-16H2,1H3/b3-2+. The molecule has 0 aliphatic carbocycles. The van der Waals surface area contributed by atoms with Crippen molar-refractivity contribution in [2.45, 2.75) is 6.54 Å². The smallest absolute Gasteiger partial charge is 0.337 e. The molecule has 1 aliphatic heterocycles. The molecule has 0 atom stereocenters. The summed E-state index contributed by atoms with van der Waals surface area (Å²) in [7, 11) is 1.39. The number of rotatable bonds is 5. The summed E-state index contributed by atoms with van der Waals surface area (Å²) in [5.41, 5.74) is 4.08. The van der Waals surface area contributed by atoms with Gasteiger partial charge in [-0.15, -0.1) is 0 Å². The van der Waals surface area contributed by atoms with E-state index in [-0.39, 0.29) is 5.97 Å². The van der Waals surface area contributed by atoms with Crippen molar-refractivity contribution < 1.29 is 14.3 Å². The first-order valence-electron chi connectivity index (χ1n) is 8.50. The molecule has 130 valence electrons. The van der Waals surface area contributed by atoms with Gasteiger partial charge in [-0.05, 0) is 28.8 Å². The second-order valence-electron chi connectivity index (χ2n) is 6.08. The number of methoxy groups -OCH3 is 1. The molecular weight excluding hydrogens is 314 g/mol. The van der Waals surface area contributed by atoms with Gasteiger partial charge in [0.1, 0.15) is 0 Å². The average molecular weight is 337 g/mol. The molecule has 0 N–H and O–H groups in total. The zero-order valence-corrected chi connectivity index (χ0v) is 14.5. The number of carbonyl (C=O) groups excluding carboxylic acids is 1. The topological polar surface area (TPSA) is 38.8 Å². The van der Waals surface area contributed by atoms with E-state index in [1.807, 2.05) is 18.2 Å². The van der Waals surface area contributed by atoms with Crippen LogP contribution in [0.25, 0.3) is 12.2 Å². The maximum absolute atomic E-state index is 11.4. The molecular formula is C21H23NO3. The highest BCUT2D eigenvalue weighted by molar-refractivity contribution is 5.89. The molecule has 4 nitrogen and oxygen atoms in total. The molecule has 3 rings (SSSR count). The van der Waals surface area contributed by atoms with Gasteiger partial charge in [0.25, 0.3) is 0 Å². The van der Waals surface area contributed by atoms with Gasteiger partial charge < -0.3 is 9.47 Å². The van der Waals surface area contributed by atoms with Crippen LogP contribution < -0.4 is 0 Å². The molecule has 0 radical (unpaired) electrons. The minimum Gasteiger partial charge on any atom is -0.465 e. The van der Waals surface area contributed by atoms with Crippen molar-refractivity contribution in [2.75, 3.05) is 33.4 Å². The van der Waals surface area contributed by atoms with E-state index in [4.69, 9.17) is 9.47 Å². The fourth-order valence-corrected chi connectivity index (χ4v) is 2.79. The third-order valence-electron chi connectivity index (χ3n) is 4.29. The number of hydrogen-bond acceptors (Lipinski definition) is 4. The Bertz CT molecular complexity index is 714. The second-order valence-corrected chi connectivity index (χ2v) is 6.08. The number of hydrogen-bond donors (Lipinski definition) is 0. The van der Waals surface area contributed by atoms with Crippen molar-refractivity contribution >= 4 is 18.1 Å². The first-order chi connectivity index (χ1) is 12.2. The molecule has 1 fully saturated rings. The zero-order chi connectivity index (χ0) is 17.5. The van der Waals surface area contributed by atoms with Gasteiger partial charge in [-0.25, -0.2) is 4.79 Å². The fourth-order valence-electron chi connectivity index (χ4n) is 2.79. The molecule has 0 unspecified atom stereocenters. The Morgan fingerprint density at radius 2 is 1.56 bits per heavy atom. The summed E-state index contributed by atoms with van der Waals surface area (Å²) in [5.74, 6) is -0.314. The van der Waals surface area contributed by atoms with E-state index in [2.05, 4.69) is 35.2 Å². The summed E-state index contributed by atoms with van der Waals surface area (Å²) in [6.07, 6.45) is 4.11. The molecule has 2 aromatic carbocycles. The van der Waals surface area contributed by atoms with Gasteiger partial charge in [-0.1, -0.05) is 48.6 Å². The number of ether oxygens (including phenoxy) is 2. The lowest BCUT2D eigenvalue weighted by molar-refractivity contribution is 0.0342. The van der Waals surface area contributed by atoms with Crippen LogP contribution in [-0.2, 0) is 16.0 Å². The normalized spacial score (nSPS) is 15.4. The average Bonchev–Trinajstić information content (AvgIpc) is 2.68. The molecule has 4 heteroatoms. The lowest BCUT2D eigenvalue weighted by Crippen LogP contribution is -2.35. The molecule has 0 bridgehead atoms. The van der Waals surface area contributed by atoms with Gasteiger partial charge in [-0.2, -0.15) is 0 Å². The van der Waals surface area contributed by atoms with Crippen LogP contribution in [-0.4, -0.2) is 44.3 Å². The molecule has 2 aromatic rings. The Kier molecular flexibility index (Phi) is 5.99. The maximum Gasteiger partial charge on any atom is 0.337 e. The molecule has 1 heterocycles. The van der Waals surface area contributed by atoms with Gasteiger partial charge in [0, 0.05) is 19.6 Å². The van der Waals surface area contributed by atoms with E-state index < -0.39 is 0 Å². The van der Waals surface area contributed by atoms with Crippen LogP contribution in [0, 0.1) is 0 Å². The Balaban J connectivity index is 1.58. The highest BCUT2D eigenvalue weighted by atomic mass is 16.5. The van der Waals surface area contributed by atoms with Crippen molar-refractivity contribution in [1.29, 1.82) is 0 Å². The van der Waals surface area contributed by atoms with Gasteiger partial charge in [0.2, 0.25) is 0 Å². The predicted molar refractivity (Wildman–Crippen MR) is 99.2 cm³/mol. The van der Waals surface area contributed by atoms with Crippen molar-refractivity contribution in [3.05, 3.63) is 70.8 Å².